The lowest BCUT2D eigenvalue weighted by Gasteiger charge is -2.57. The van der Waals surface area contributed by atoms with Crippen molar-refractivity contribution in [3.8, 4) is 0 Å². The molecule has 0 radical (unpaired) electrons. The summed E-state index contributed by atoms with van der Waals surface area (Å²) in [4.78, 5) is 19.9. The van der Waals surface area contributed by atoms with Gasteiger partial charge in [-0.25, -0.2) is 9.78 Å². The number of imidazole rings is 1. The summed E-state index contributed by atoms with van der Waals surface area (Å²) in [5.74, 6) is 4.55. The van der Waals surface area contributed by atoms with Crippen LogP contribution in [0.4, 0.5) is 0 Å². The minimum Gasteiger partial charge on any atom is -0.476 e. The molecule has 27 heavy (non-hydrogen) atoms. The smallest absolute Gasteiger partial charge is 0.356 e. The van der Waals surface area contributed by atoms with Crippen LogP contribution < -0.4 is 0 Å². The van der Waals surface area contributed by atoms with Crippen molar-refractivity contribution in [2.45, 2.75) is 70.1 Å². The molecule has 5 fully saturated rings. The summed E-state index contributed by atoms with van der Waals surface area (Å²) in [5.41, 5.74) is 1.67. The number of aryl methyl sites for hydroxylation is 1. The van der Waals surface area contributed by atoms with E-state index >= 15 is 0 Å². The molecule has 4 nitrogen and oxygen atoms in total. The van der Waals surface area contributed by atoms with Crippen LogP contribution in [-0.2, 0) is 6.42 Å². The van der Waals surface area contributed by atoms with Crippen molar-refractivity contribution >= 4 is 5.97 Å². The van der Waals surface area contributed by atoms with Crippen LogP contribution in [-0.4, -0.2) is 21.0 Å². The fourth-order valence-corrected chi connectivity index (χ4v) is 8.04. The topological polar surface area (TPSA) is 66.0 Å². The molecule has 2 N–H and O–H groups in total. The van der Waals surface area contributed by atoms with Crippen LogP contribution in [0.5, 0.6) is 0 Å². The minimum atomic E-state index is -0.864. The van der Waals surface area contributed by atoms with Crippen LogP contribution >= 0.6 is 0 Å². The number of fused-ring (bicyclic) bond motifs is 2. The van der Waals surface area contributed by atoms with E-state index in [9.17, 15) is 9.90 Å². The predicted octanol–water partition coefficient (Wildman–Crippen LogP) is 4.94. The summed E-state index contributed by atoms with van der Waals surface area (Å²) in [6.45, 7) is 0. The molecular weight excluding hydrogens is 336 g/mol. The molecule has 0 spiro atoms. The van der Waals surface area contributed by atoms with E-state index in [0.717, 1.165) is 48.5 Å². The summed E-state index contributed by atoms with van der Waals surface area (Å²) in [6.07, 6.45) is 17.6. The molecule has 7 rings (SSSR count). The number of hydrogen-bond acceptors (Lipinski definition) is 2. The Morgan fingerprint density at radius 2 is 1.78 bits per heavy atom. The molecule has 144 valence electrons. The fraction of sp³-hybridized carbons (Fsp3) is 0.739. The number of H-pyrrole nitrogens is 1. The zero-order valence-corrected chi connectivity index (χ0v) is 16.0. The molecule has 6 bridgehead atoms. The van der Waals surface area contributed by atoms with Crippen LogP contribution in [0.25, 0.3) is 0 Å². The van der Waals surface area contributed by atoms with Crippen LogP contribution in [0, 0.1) is 35.0 Å². The number of nitrogens with one attached hydrogen (secondary N) is 1. The van der Waals surface area contributed by atoms with Crippen LogP contribution in [0.3, 0.4) is 0 Å². The Morgan fingerprint density at radius 1 is 1.07 bits per heavy atom. The molecule has 6 aliphatic carbocycles. The van der Waals surface area contributed by atoms with Crippen molar-refractivity contribution < 1.29 is 9.90 Å². The van der Waals surface area contributed by atoms with Gasteiger partial charge in [0.2, 0.25) is 0 Å². The van der Waals surface area contributed by atoms with Gasteiger partial charge in [0.25, 0.3) is 0 Å². The average molecular weight is 367 g/mol. The zero-order valence-electron chi connectivity index (χ0n) is 16.0. The Bertz CT molecular complexity index is 772. The molecule has 4 heteroatoms. The molecular formula is C23H30N2O2. The lowest BCUT2D eigenvalue weighted by atomic mass is 9.48. The van der Waals surface area contributed by atoms with Crippen LogP contribution in [0.2, 0.25) is 0 Å². The maximum absolute atomic E-state index is 11.8. The first-order valence-corrected chi connectivity index (χ1v) is 11.1. The van der Waals surface area contributed by atoms with Gasteiger partial charge in [-0.05, 0) is 99.2 Å². The van der Waals surface area contributed by atoms with E-state index in [1.165, 1.54) is 44.9 Å². The zero-order chi connectivity index (χ0) is 18.2. The molecule has 0 amide bonds. The molecule has 6 aliphatic rings. The van der Waals surface area contributed by atoms with Crippen molar-refractivity contribution in [3.63, 3.8) is 0 Å². The fourth-order valence-electron chi connectivity index (χ4n) is 8.04. The SMILES string of the molecule is O=C(O)c1nc(C2CC3C=CC2C3)[nH]c1CCC12CC3CC(CC(C3)C1)C2. The van der Waals surface area contributed by atoms with Gasteiger partial charge in [0.05, 0.1) is 0 Å². The second-order valence-corrected chi connectivity index (χ2v) is 10.6. The summed E-state index contributed by atoms with van der Waals surface area (Å²) >= 11 is 0. The maximum Gasteiger partial charge on any atom is 0.356 e. The summed E-state index contributed by atoms with van der Waals surface area (Å²) in [7, 11) is 0. The van der Waals surface area contributed by atoms with Crippen molar-refractivity contribution in [2.75, 3.05) is 0 Å². The van der Waals surface area contributed by atoms with Crippen LogP contribution in [0.1, 0.15) is 85.7 Å². The molecule has 3 atom stereocenters. The first-order chi connectivity index (χ1) is 13.1. The van der Waals surface area contributed by atoms with Gasteiger partial charge in [-0.1, -0.05) is 12.2 Å². The van der Waals surface area contributed by atoms with E-state index in [1.54, 1.807) is 0 Å². The highest BCUT2D eigenvalue weighted by molar-refractivity contribution is 5.86. The second kappa shape index (κ2) is 5.71. The minimum absolute atomic E-state index is 0.293. The Morgan fingerprint density at radius 3 is 2.33 bits per heavy atom. The Kier molecular flexibility index (Phi) is 3.47. The molecule has 0 aliphatic heterocycles. The van der Waals surface area contributed by atoms with E-state index in [4.69, 9.17) is 0 Å². The molecule has 0 aromatic carbocycles. The number of aromatic amines is 1. The van der Waals surface area contributed by atoms with E-state index < -0.39 is 5.97 Å². The molecule has 1 heterocycles. The first-order valence-electron chi connectivity index (χ1n) is 11.1. The first kappa shape index (κ1) is 16.4. The average Bonchev–Trinajstić information content (AvgIpc) is 3.34. The van der Waals surface area contributed by atoms with Gasteiger partial charge < -0.3 is 10.1 Å². The number of allylic oxidation sites excluding steroid dienone is 2. The highest BCUT2D eigenvalue weighted by Crippen LogP contribution is 2.61. The Hall–Kier alpha value is -1.58. The van der Waals surface area contributed by atoms with Gasteiger partial charge in [-0.3, -0.25) is 0 Å². The maximum atomic E-state index is 11.8. The molecule has 0 saturated heterocycles. The van der Waals surface area contributed by atoms with E-state index in [2.05, 4.69) is 22.1 Å². The van der Waals surface area contributed by atoms with Gasteiger partial charge in [0, 0.05) is 11.6 Å². The third kappa shape index (κ3) is 2.62. The predicted molar refractivity (Wildman–Crippen MR) is 103 cm³/mol. The second-order valence-electron chi connectivity index (χ2n) is 10.6. The largest absolute Gasteiger partial charge is 0.476 e. The van der Waals surface area contributed by atoms with Gasteiger partial charge in [0.15, 0.2) is 5.69 Å². The number of aromatic nitrogens is 2. The highest BCUT2D eigenvalue weighted by Gasteiger charge is 2.50. The van der Waals surface area contributed by atoms with Crippen molar-refractivity contribution in [1.82, 2.24) is 9.97 Å². The van der Waals surface area contributed by atoms with E-state index in [0.29, 0.717) is 28.9 Å². The monoisotopic (exact) mass is 366 g/mol. The van der Waals surface area contributed by atoms with E-state index in [1.807, 2.05) is 0 Å². The normalized spacial score (nSPS) is 43.7. The molecule has 1 aromatic rings. The lowest BCUT2D eigenvalue weighted by molar-refractivity contribution is -0.0571. The van der Waals surface area contributed by atoms with Gasteiger partial charge in [-0.2, -0.15) is 0 Å². The van der Waals surface area contributed by atoms with Crippen molar-refractivity contribution in [3.05, 3.63) is 29.4 Å². The number of carbonyl (C=O) groups is 1. The number of rotatable bonds is 5. The summed E-state index contributed by atoms with van der Waals surface area (Å²) in [6, 6.07) is 0. The summed E-state index contributed by atoms with van der Waals surface area (Å²) < 4.78 is 0. The number of hydrogen-bond donors (Lipinski definition) is 2. The number of aromatic carboxylic acids is 1. The van der Waals surface area contributed by atoms with Gasteiger partial charge in [-0.15, -0.1) is 0 Å². The lowest BCUT2D eigenvalue weighted by Crippen LogP contribution is -2.46. The summed E-state index contributed by atoms with van der Waals surface area (Å²) in [5, 5.41) is 9.72. The van der Waals surface area contributed by atoms with Crippen molar-refractivity contribution in [2.24, 2.45) is 35.0 Å². The Balaban J connectivity index is 1.23. The van der Waals surface area contributed by atoms with Gasteiger partial charge >= 0.3 is 5.97 Å². The quantitative estimate of drug-likeness (QED) is 0.726. The van der Waals surface area contributed by atoms with Gasteiger partial charge in [0.1, 0.15) is 5.82 Å². The standard InChI is InChI=1S/C23H30N2O2/c26-22(27)20-19(24-21(25-20)18-9-13-1-2-17(18)8-13)3-4-23-10-14-5-15(11-23)7-16(6-14)12-23/h1-2,13-18H,3-12H2,(H,24,25)(H,26,27). The molecule has 1 aromatic heterocycles. The van der Waals surface area contributed by atoms with Crippen molar-refractivity contribution in [1.29, 1.82) is 0 Å². The molecule has 3 unspecified atom stereocenters. The third-order valence-electron chi connectivity index (χ3n) is 8.70. The Labute approximate surface area is 160 Å². The number of carboxylic acid groups (broad SMARTS) is 1. The van der Waals surface area contributed by atoms with Crippen LogP contribution in [0.15, 0.2) is 12.2 Å². The van der Waals surface area contributed by atoms with E-state index in [-0.39, 0.29) is 0 Å². The number of nitrogens with zero attached hydrogens (tertiary/aromatic N) is 1. The number of carboxylic acids is 1. The highest BCUT2D eigenvalue weighted by atomic mass is 16.4. The third-order valence-corrected chi connectivity index (χ3v) is 8.70. The molecule has 5 saturated carbocycles.